The molecular formula is C20H23N3O4. The first-order valence-electron chi connectivity index (χ1n) is 8.75. The summed E-state index contributed by atoms with van der Waals surface area (Å²) in [6, 6.07) is 14.0. The average molecular weight is 369 g/mol. The van der Waals surface area contributed by atoms with Crippen molar-refractivity contribution in [2.75, 3.05) is 12.4 Å². The second kappa shape index (κ2) is 8.09. The summed E-state index contributed by atoms with van der Waals surface area (Å²) in [5.41, 5.74) is 8.44. The van der Waals surface area contributed by atoms with Crippen molar-refractivity contribution in [2.45, 2.75) is 30.8 Å². The van der Waals surface area contributed by atoms with E-state index in [9.17, 15) is 9.59 Å². The first kappa shape index (κ1) is 18.7. The van der Waals surface area contributed by atoms with Crippen molar-refractivity contribution < 1.29 is 19.4 Å². The molecule has 7 nitrogen and oxygen atoms in total. The van der Waals surface area contributed by atoms with Crippen molar-refractivity contribution in [3.63, 3.8) is 0 Å². The van der Waals surface area contributed by atoms with Gasteiger partial charge in [-0.2, -0.15) is 0 Å². The number of carboxylic acid groups (broad SMARTS) is 1. The zero-order valence-corrected chi connectivity index (χ0v) is 15.0. The van der Waals surface area contributed by atoms with E-state index >= 15 is 0 Å². The van der Waals surface area contributed by atoms with E-state index in [-0.39, 0.29) is 12.5 Å². The largest absolute Gasteiger partial charge is 0.497 e. The third-order valence-corrected chi connectivity index (χ3v) is 4.66. The highest BCUT2D eigenvalue weighted by atomic mass is 16.5. The van der Waals surface area contributed by atoms with Crippen LogP contribution in [-0.4, -0.2) is 36.3 Å². The van der Waals surface area contributed by atoms with E-state index in [2.05, 4.69) is 10.6 Å². The van der Waals surface area contributed by atoms with E-state index in [1.807, 2.05) is 24.3 Å². The Balaban J connectivity index is 1.65. The summed E-state index contributed by atoms with van der Waals surface area (Å²) in [6.45, 7) is 0. The van der Waals surface area contributed by atoms with Crippen LogP contribution in [0.5, 0.6) is 5.75 Å². The van der Waals surface area contributed by atoms with Gasteiger partial charge in [0.1, 0.15) is 11.8 Å². The third-order valence-electron chi connectivity index (χ3n) is 4.66. The lowest BCUT2D eigenvalue weighted by atomic mass is 10.0. The van der Waals surface area contributed by atoms with Crippen molar-refractivity contribution in [1.29, 1.82) is 0 Å². The van der Waals surface area contributed by atoms with E-state index in [0.29, 0.717) is 17.4 Å². The number of amides is 2. The molecule has 7 heteroatoms. The molecule has 0 heterocycles. The second-order valence-electron chi connectivity index (χ2n) is 6.67. The number of carbonyl (C=O) groups excluding carboxylic acids is 1. The fraction of sp³-hybridized carbons (Fsp3) is 0.300. The second-order valence-corrected chi connectivity index (χ2v) is 6.67. The lowest BCUT2D eigenvalue weighted by Gasteiger charge is -2.17. The van der Waals surface area contributed by atoms with Gasteiger partial charge in [0.15, 0.2) is 0 Å². The van der Waals surface area contributed by atoms with E-state index in [1.165, 1.54) is 0 Å². The van der Waals surface area contributed by atoms with Gasteiger partial charge in [0.05, 0.1) is 7.11 Å². The van der Waals surface area contributed by atoms with Gasteiger partial charge in [0.2, 0.25) is 5.91 Å². The molecule has 2 aromatic rings. The molecule has 0 spiro atoms. The zero-order chi connectivity index (χ0) is 19.4. The van der Waals surface area contributed by atoms with Crippen molar-refractivity contribution in [1.82, 2.24) is 5.32 Å². The number of nitrogens with two attached hydrogens (primary N) is 1. The predicted molar refractivity (Wildman–Crippen MR) is 102 cm³/mol. The Labute approximate surface area is 157 Å². The summed E-state index contributed by atoms with van der Waals surface area (Å²) in [7, 11) is 1.57. The number of hydrogen-bond acceptors (Lipinski definition) is 4. The molecule has 1 aliphatic rings. The molecule has 3 unspecified atom stereocenters. The molecule has 1 aliphatic carbocycles. The van der Waals surface area contributed by atoms with Crippen molar-refractivity contribution in [3.8, 4) is 5.75 Å². The van der Waals surface area contributed by atoms with Gasteiger partial charge in [-0.25, -0.2) is 4.79 Å². The molecule has 0 aliphatic heterocycles. The molecule has 0 bridgehead atoms. The maximum atomic E-state index is 12.6. The smallest absolute Gasteiger partial charge is 0.405 e. The summed E-state index contributed by atoms with van der Waals surface area (Å²) in [4.78, 5) is 23.7. The summed E-state index contributed by atoms with van der Waals surface area (Å²) in [5, 5.41) is 14.1. The standard InChI is InChI=1S/C20H23N3O4/c1-27-15-8-2-12(3-9-15)10-18(23-20(25)26)19(24)22-14-6-4-13(5-7-14)16-11-17(16)21/h2-9,16-18,23H,10-11,21H2,1H3,(H,22,24)(H,25,26). The van der Waals surface area contributed by atoms with E-state index in [0.717, 1.165) is 17.5 Å². The molecule has 0 aromatic heterocycles. The molecule has 3 rings (SSSR count). The lowest BCUT2D eigenvalue weighted by molar-refractivity contribution is -0.118. The van der Waals surface area contributed by atoms with Gasteiger partial charge in [0.25, 0.3) is 0 Å². The molecule has 0 saturated heterocycles. The Bertz CT molecular complexity index is 805. The monoisotopic (exact) mass is 369 g/mol. The van der Waals surface area contributed by atoms with Crippen LogP contribution in [0.3, 0.4) is 0 Å². The number of ether oxygens (including phenoxy) is 1. The topological polar surface area (TPSA) is 114 Å². The van der Waals surface area contributed by atoms with Gasteiger partial charge < -0.3 is 26.2 Å². The van der Waals surface area contributed by atoms with E-state index < -0.39 is 18.0 Å². The normalized spacial score (nSPS) is 19.0. The highest BCUT2D eigenvalue weighted by molar-refractivity contribution is 5.96. The van der Waals surface area contributed by atoms with Crippen LogP contribution in [0.1, 0.15) is 23.5 Å². The summed E-state index contributed by atoms with van der Waals surface area (Å²) >= 11 is 0. The number of carbonyl (C=O) groups is 2. The minimum atomic E-state index is -1.25. The first-order chi connectivity index (χ1) is 13.0. The van der Waals surface area contributed by atoms with Gasteiger partial charge in [0, 0.05) is 24.1 Å². The number of methoxy groups -OCH3 is 1. The maximum absolute atomic E-state index is 12.6. The van der Waals surface area contributed by atoms with Gasteiger partial charge >= 0.3 is 6.09 Å². The summed E-state index contributed by atoms with van der Waals surface area (Å²) in [5.74, 6) is 0.678. The van der Waals surface area contributed by atoms with Crippen LogP contribution >= 0.6 is 0 Å². The molecule has 3 atom stereocenters. The average Bonchev–Trinajstić information content (AvgIpc) is 3.38. The molecule has 0 radical (unpaired) electrons. The minimum Gasteiger partial charge on any atom is -0.497 e. The molecular weight excluding hydrogens is 346 g/mol. The van der Waals surface area contributed by atoms with Crippen molar-refractivity contribution >= 4 is 17.7 Å². The van der Waals surface area contributed by atoms with Crippen molar-refractivity contribution in [3.05, 3.63) is 59.7 Å². The molecule has 142 valence electrons. The molecule has 27 heavy (non-hydrogen) atoms. The van der Waals surface area contributed by atoms with E-state index in [4.69, 9.17) is 15.6 Å². The van der Waals surface area contributed by atoms with Crippen LogP contribution in [0.15, 0.2) is 48.5 Å². The van der Waals surface area contributed by atoms with Gasteiger partial charge in [-0.15, -0.1) is 0 Å². The van der Waals surface area contributed by atoms with Crippen LogP contribution in [0.25, 0.3) is 0 Å². The van der Waals surface area contributed by atoms with Crippen LogP contribution in [0.4, 0.5) is 10.5 Å². The Hall–Kier alpha value is -3.06. The Kier molecular flexibility index (Phi) is 5.61. The highest BCUT2D eigenvalue weighted by Crippen LogP contribution is 2.39. The summed E-state index contributed by atoms with van der Waals surface area (Å²) in [6.07, 6.45) is -0.0308. The van der Waals surface area contributed by atoms with Gasteiger partial charge in [-0.05, 0) is 41.8 Å². The van der Waals surface area contributed by atoms with Gasteiger partial charge in [-0.1, -0.05) is 24.3 Å². The van der Waals surface area contributed by atoms with Crippen LogP contribution in [0.2, 0.25) is 0 Å². The zero-order valence-electron chi connectivity index (χ0n) is 15.0. The number of anilines is 1. The Morgan fingerprint density at radius 3 is 2.33 bits per heavy atom. The fourth-order valence-corrected chi connectivity index (χ4v) is 3.00. The summed E-state index contributed by atoms with van der Waals surface area (Å²) < 4.78 is 5.11. The number of hydrogen-bond donors (Lipinski definition) is 4. The number of benzene rings is 2. The minimum absolute atomic E-state index is 0.221. The first-order valence-corrected chi connectivity index (χ1v) is 8.75. The van der Waals surface area contributed by atoms with Crippen LogP contribution in [-0.2, 0) is 11.2 Å². The Morgan fingerprint density at radius 2 is 1.81 bits per heavy atom. The predicted octanol–water partition coefficient (Wildman–Crippen LogP) is 2.33. The molecule has 2 amide bonds. The number of rotatable bonds is 7. The third kappa shape index (κ3) is 4.98. The number of nitrogens with one attached hydrogen (secondary N) is 2. The fourth-order valence-electron chi connectivity index (χ4n) is 3.00. The molecule has 1 fully saturated rings. The maximum Gasteiger partial charge on any atom is 0.405 e. The lowest BCUT2D eigenvalue weighted by Crippen LogP contribution is -2.44. The highest BCUT2D eigenvalue weighted by Gasteiger charge is 2.34. The van der Waals surface area contributed by atoms with Crippen LogP contribution in [0, 0.1) is 0 Å². The van der Waals surface area contributed by atoms with Crippen LogP contribution < -0.4 is 21.1 Å². The SMILES string of the molecule is COc1ccc(CC(NC(=O)O)C(=O)Nc2ccc(C3CC3N)cc2)cc1. The molecule has 2 aromatic carbocycles. The quantitative estimate of drug-likeness (QED) is 0.598. The van der Waals surface area contributed by atoms with Crippen molar-refractivity contribution in [2.24, 2.45) is 5.73 Å². The molecule has 1 saturated carbocycles. The van der Waals surface area contributed by atoms with Gasteiger partial charge in [-0.3, -0.25) is 4.79 Å². The molecule has 5 N–H and O–H groups in total. The van der Waals surface area contributed by atoms with E-state index in [1.54, 1.807) is 31.4 Å². The Morgan fingerprint density at radius 1 is 1.19 bits per heavy atom.